The molecule has 1 aromatic carbocycles. The van der Waals surface area contributed by atoms with Crippen LogP contribution in [0, 0.1) is 0 Å². The van der Waals surface area contributed by atoms with Gasteiger partial charge in [0.2, 0.25) is 0 Å². The van der Waals surface area contributed by atoms with Crippen molar-refractivity contribution in [1.29, 1.82) is 0 Å². The molecule has 0 saturated carbocycles. The van der Waals surface area contributed by atoms with Crippen LogP contribution in [-0.4, -0.2) is 16.3 Å². The summed E-state index contributed by atoms with van der Waals surface area (Å²) in [6, 6.07) is 3.77. The number of rotatable bonds is 1. The van der Waals surface area contributed by atoms with Gasteiger partial charge < -0.3 is 5.11 Å². The highest BCUT2D eigenvalue weighted by Crippen LogP contribution is 2.40. The van der Waals surface area contributed by atoms with Gasteiger partial charge >= 0.3 is 0 Å². The molecule has 0 atom stereocenters. The van der Waals surface area contributed by atoms with E-state index in [1.54, 1.807) is 6.08 Å². The molecule has 1 heterocycles. The first-order valence-electron chi connectivity index (χ1n) is 7.52. The third-order valence-corrected chi connectivity index (χ3v) is 4.50. The predicted molar refractivity (Wildman–Crippen MR) is 94.6 cm³/mol. The summed E-state index contributed by atoms with van der Waals surface area (Å²) in [5.41, 5.74) is 1.99. The molecule has 1 aromatic rings. The molecule has 0 bridgehead atoms. The largest absolute Gasteiger partial charge is 0.507 e. The Bertz CT molecular complexity index is 671. The number of benzene rings is 1. The van der Waals surface area contributed by atoms with Crippen LogP contribution < -0.4 is 5.32 Å². The van der Waals surface area contributed by atoms with Crippen molar-refractivity contribution in [2.24, 2.45) is 0 Å². The van der Waals surface area contributed by atoms with E-state index < -0.39 is 0 Å². The second-order valence-corrected chi connectivity index (χ2v) is 8.83. The molecule has 4 nitrogen and oxygen atoms in total. The maximum absolute atomic E-state index is 11.7. The molecule has 23 heavy (non-hydrogen) atoms. The summed E-state index contributed by atoms with van der Waals surface area (Å²) in [5, 5.41) is 12.6. The Balaban J connectivity index is 2.64. The number of nitrogens with one attached hydrogen (secondary N) is 1. The third kappa shape index (κ3) is 3.78. The van der Waals surface area contributed by atoms with Crippen LogP contribution in [0.3, 0.4) is 0 Å². The van der Waals surface area contributed by atoms with Crippen molar-refractivity contribution < 1.29 is 14.7 Å². The maximum Gasteiger partial charge on any atom is 0.290 e. The minimum atomic E-state index is -0.373. The zero-order valence-corrected chi connectivity index (χ0v) is 15.2. The van der Waals surface area contributed by atoms with E-state index in [9.17, 15) is 14.7 Å². The minimum absolute atomic E-state index is 0.237. The van der Waals surface area contributed by atoms with Crippen molar-refractivity contribution in [3.63, 3.8) is 0 Å². The predicted octanol–water partition coefficient (Wildman–Crippen LogP) is 4.31. The van der Waals surface area contributed by atoms with E-state index in [1.807, 2.05) is 53.7 Å². The topological polar surface area (TPSA) is 66.4 Å². The second kappa shape index (κ2) is 5.71. The lowest BCUT2D eigenvalue weighted by Gasteiger charge is -2.28. The van der Waals surface area contributed by atoms with E-state index in [1.165, 1.54) is 0 Å². The van der Waals surface area contributed by atoms with Gasteiger partial charge in [0.05, 0.1) is 4.91 Å². The zero-order chi connectivity index (χ0) is 17.6. The average molecular weight is 333 g/mol. The van der Waals surface area contributed by atoms with E-state index in [4.69, 9.17) is 0 Å². The van der Waals surface area contributed by atoms with E-state index in [0.717, 1.165) is 28.5 Å². The van der Waals surface area contributed by atoms with E-state index in [-0.39, 0.29) is 22.0 Å². The second-order valence-electron chi connectivity index (χ2n) is 7.82. The van der Waals surface area contributed by atoms with E-state index in [2.05, 4.69) is 5.32 Å². The van der Waals surface area contributed by atoms with Gasteiger partial charge in [-0.1, -0.05) is 41.5 Å². The molecule has 2 amide bonds. The van der Waals surface area contributed by atoms with Crippen LogP contribution >= 0.6 is 11.8 Å². The van der Waals surface area contributed by atoms with Crippen molar-refractivity contribution in [2.75, 3.05) is 0 Å². The van der Waals surface area contributed by atoms with Crippen LogP contribution in [0.1, 0.15) is 58.2 Å². The van der Waals surface area contributed by atoms with Crippen LogP contribution in [0.5, 0.6) is 5.75 Å². The Morgan fingerprint density at radius 2 is 1.48 bits per heavy atom. The number of carbonyl (C=O) groups is 2. The van der Waals surface area contributed by atoms with Crippen LogP contribution in [-0.2, 0) is 15.6 Å². The monoisotopic (exact) mass is 333 g/mol. The molecule has 0 aromatic heterocycles. The fourth-order valence-electron chi connectivity index (χ4n) is 2.46. The van der Waals surface area contributed by atoms with Gasteiger partial charge in [-0.15, -0.1) is 0 Å². The first kappa shape index (κ1) is 17.6. The number of carbonyl (C=O) groups excluding carboxylic acids is 2. The molecule has 1 fully saturated rings. The number of phenols is 1. The number of amides is 2. The Morgan fingerprint density at radius 1 is 1.00 bits per heavy atom. The number of hydrogen-bond acceptors (Lipinski definition) is 4. The Labute approximate surface area is 141 Å². The lowest BCUT2D eigenvalue weighted by molar-refractivity contribution is -0.115. The summed E-state index contributed by atoms with van der Waals surface area (Å²) in [4.78, 5) is 23.4. The van der Waals surface area contributed by atoms with Gasteiger partial charge in [-0.3, -0.25) is 14.9 Å². The summed E-state index contributed by atoms with van der Waals surface area (Å²) in [6.07, 6.45) is 1.70. The SMILES string of the molecule is CC(C)(C)c1cc(/C=C2/SC(=O)NC2=O)cc(C(C)(C)C)c1O. The van der Waals surface area contributed by atoms with Crippen LogP contribution in [0.2, 0.25) is 0 Å². The number of hydrogen-bond donors (Lipinski definition) is 2. The smallest absolute Gasteiger partial charge is 0.290 e. The molecule has 1 aliphatic rings. The first-order valence-corrected chi connectivity index (χ1v) is 8.34. The quantitative estimate of drug-likeness (QED) is 0.752. The molecule has 1 saturated heterocycles. The number of aromatic hydroxyl groups is 1. The molecule has 124 valence electrons. The van der Waals surface area contributed by atoms with Crippen molar-refractivity contribution in [3.8, 4) is 5.75 Å². The van der Waals surface area contributed by atoms with Gasteiger partial charge in [0.15, 0.2) is 0 Å². The maximum atomic E-state index is 11.7. The van der Waals surface area contributed by atoms with Gasteiger partial charge in [-0.25, -0.2) is 0 Å². The lowest BCUT2D eigenvalue weighted by Crippen LogP contribution is -2.18. The summed E-state index contributed by atoms with van der Waals surface area (Å²) in [6.45, 7) is 12.2. The molecule has 2 rings (SSSR count). The van der Waals surface area contributed by atoms with Crippen LogP contribution in [0.15, 0.2) is 17.0 Å². The van der Waals surface area contributed by atoms with Gasteiger partial charge in [-0.05, 0) is 46.4 Å². The Hall–Kier alpha value is -1.75. The molecule has 5 heteroatoms. The van der Waals surface area contributed by atoms with Gasteiger partial charge in [0.25, 0.3) is 11.1 Å². The van der Waals surface area contributed by atoms with Crippen LogP contribution in [0.4, 0.5) is 4.79 Å². The molecule has 2 N–H and O–H groups in total. The van der Waals surface area contributed by atoms with Crippen molar-refractivity contribution in [2.45, 2.75) is 52.4 Å². The van der Waals surface area contributed by atoms with Gasteiger partial charge in [0.1, 0.15) is 5.75 Å². The van der Waals surface area contributed by atoms with E-state index in [0.29, 0.717) is 10.7 Å². The highest BCUT2D eigenvalue weighted by molar-refractivity contribution is 8.18. The Morgan fingerprint density at radius 3 is 1.83 bits per heavy atom. The normalized spacial score (nSPS) is 17.7. The molecular formula is C18H23NO3S. The minimum Gasteiger partial charge on any atom is -0.507 e. The van der Waals surface area contributed by atoms with Crippen molar-refractivity contribution >= 4 is 29.0 Å². The number of imide groups is 1. The van der Waals surface area contributed by atoms with Crippen molar-refractivity contribution in [1.82, 2.24) is 5.32 Å². The lowest BCUT2D eigenvalue weighted by atomic mass is 9.78. The molecule has 0 radical (unpaired) electrons. The zero-order valence-electron chi connectivity index (χ0n) is 14.4. The Kier molecular flexibility index (Phi) is 4.37. The molecule has 0 spiro atoms. The third-order valence-electron chi connectivity index (χ3n) is 3.69. The van der Waals surface area contributed by atoms with Gasteiger partial charge in [0, 0.05) is 11.1 Å². The fourth-order valence-corrected chi connectivity index (χ4v) is 3.14. The highest BCUT2D eigenvalue weighted by Gasteiger charge is 2.28. The van der Waals surface area contributed by atoms with E-state index >= 15 is 0 Å². The average Bonchev–Trinajstić information content (AvgIpc) is 2.67. The summed E-state index contributed by atoms with van der Waals surface area (Å²) < 4.78 is 0. The van der Waals surface area contributed by atoms with Crippen molar-refractivity contribution in [3.05, 3.63) is 33.7 Å². The summed E-state index contributed by atoms with van der Waals surface area (Å²) in [5.74, 6) is -0.0746. The molecule has 0 aliphatic carbocycles. The standard InChI is InChI=1S/C18H23NO3S/c1-17(2,3)11-7-10(8-12(14(11)20)18(4,5)6)9-13-15(21)19-16(22)23-13/h7-9,20H,1-6H3,(H,19,21,22)/b13-9+. The summed E-state index contributed by atoms with van der Waals surface area (Å²) in [7, 11) is 0. The van der Waals surface area contributed by atoms with Crippen LogP contribution in [0.25, 0.3) is 6.08 Å². The van der Waals surface area contributed by atoms with Gasteiger partial charge in [-0.2, -0.15) is 0 Å². The highest BCUT2D eigenvalue weighted by atomic mass is 32.2. The number of thioether (sulfide) groups is 1. The fraction of sp³-hybridized carbons (Fsp3) is 0.444. The first-order chi connectivity index (χ1) is 10.4. The molecule has 0 unspecified atom stereocenters. The summed E-state index contributed by atoms with van der Waals surface area (Å²) >= 11 is 0.898. The molecular weight excluding hydrogens is 310 g/mol. The number of phenolic OH excluding ortho intramolecular Hbond substituents is 1. The molecule has 1 aliphatic heterocycles.